The molecular formula is C17H16ClN3O3. The van der Waals surface area contributed by atoms with Crippen LogP contribution in [0.5, 0.6) is 0 Å². The number of aliphatic hydroxyl groups is 1. The van der Waals surface area contributed by atoms with Gasteiger partial charge in [-0.1, -0.05) is 29.8 Å². The van der Waals surface area contributed by atoms with E-state index < -0.39 is 12.0 Å². The lowest BCUT2D eigenvalue weighted by atomic mass is 10.2. The van der Waals surface area contributed by atoms with Crippen LogP contribution in [0, 0.1) is 6.92 Å². The van der Waals surface area contributed by atoms with Gasteiger partial charge in [-0.15, -0.1) is 0 Å². The van der Waals surface area contributed by atoms with Crippen molar-refractivity contribution in [3.05, 3.63) is 70.9 Å². The van der Waals surface area contributed by atoms with Crippen molar-refractivity contribution in [3.63, 3.8) is 0 Å². The van der Waals surface area contributed by atoms with Crippen LogP contribution in [-0.4, -0.2) is 27.3 Å². The zero-order valence-electron chi connectivity index (χ0n) is 12.9. The highest BCUT2D eigenvalue weighted by atomic mass is 35.5. The van der Waals surface area contributed by atoms with E-state index in [4.69, 9.17) is 16.0 Å². The van der Waals surface area contributed by atoms with Crippen molar-refractivity contribution in [2.75, 3.05) is 6.54 Å². The second-order valence-corrected chi connectivity index (χ2v) is 5.60. The van der Waals surface area contributed by atoms with Gasteiger partial charge in [0.05, 0.1) is 29.8 Å². The molecule has 1 unspecified atom stereocenters. The second-order valence-electron chi connectivity index (χ2n) is 5.24. The maximum atomic E-state index is 12.4. The highest BCUT2D eigenvalue weighted by molar-refractivity contribution is 6.33. The van der Waals surface area contributed by atoms with Crippen molar-refractivity contribution >= 4 is 17.5 Å². The summed E-state index contributed by atoms with van der Waals surface area (Å²) >= 11 is 6.33. The van der Waals surface area contributed by atoms with Crippen molar-refractivity contribution in [2.45, 2.75) is 13.0 Å². The normalized spacial score (nSPS) is 12.1. The van der Waals surface area contributed by atoms with E-state index in [0.29, 0.717) is 11.5 Å². The topological polar surface area (TPSA) is 80.3 Å². The number of hydrogen-bond acceptors (Lipinski definition) is 4. The molecule has 2 heterocycles. The summed E-state index contributed by atoms with van der Waals surface area (Å²) in [5.74, 6) is -0.0108. The van der Waals surface area contributed by atoms with Gasteiger partial charge in [-0.25, -0.2) is 4.68 Å². The van der Waals surface area contributed by atoms with E-state index in [0.717, 1.165) is 5.69 Å². The largest absolute Gasteiger partial charge is 0.467 e. The summed E-state index contributed by atoms with van der Waals surface area (Å²) < 4.78 is 6.61. The molecule has 0 aliphatic rings. The molecule has 0 aliphatic heterocycles. The lowest BCUT2D eigenvalue weighted by molar-refractivity contribution is 0.0900. The Morgan fingerprint density at radius 2 is 2.08 bits per heavy atom. The lowest BCUT2D eigenvalue weighted by Crippen LogP contribution is -2.28. The number of para-hydroxylation sites is 1. The van der Waals surface area contributed by atoms with Gasteiger partial charge in [0.15, 0.2) is 0 Å². The molecule has 124 valence electrons. The van der Waals surface area contributed by atoms with Gasteiger partial charge in [0.25, 0.3) is 5.91 Å². The number of amides is 1. The molecule has 3 aromatic rings. The molecule has 3 rings (SSSR count). The summed E-state index contributed by atoms with van der Waals surface area (Å²) in [7, 11) is 0. The third-order valence-corrected chi connectivity index (χ3v) is 3.91. The van der Waals surface area contributed by atoms with Crippen LogP contribution < -0.4 is 5.32 Å². The summed E-state index contributed by atoms with van der Waals surface area (Å²) in [5.41, 5.74) is 1.56. The smallest absolute Gasteiger partial charge is 0.256 e. The first kappa shape index (κ1) is 16.3. The molecule has 2 N–H and O–H groups in total. The Morgan fingerprint density at radius 1 is 1.33 bits per heavy atom. The van der Waals surface area contributed by atoms with Gasteiger partial charge < -0.3 is 14.8 Å². The molecule has 1 amide bonds. The predicted molar refractivity (Wildman–Crippen MR) is 89.3 cm³/mol. The number of halogens is 1. The molecule has 0 radical (unpaired) electrons. The average Bonchev–Trinajstić information content (AvgIpc) is 3.22. The summed E-state index contributed by atoms with van der Waals surface area (Å²) in [6, 6.07) is 12.6. The number of hydrogen-bond donors (Lipinski definition) is 2. The van der Waals surface area contributed by atoms with E-state index in [2.05, 4.69) is 10.4 Å². The molecule has 0 fully saturated rings. The number of carbonyl (C=O) groups excluding carboxylic acids is 1. The van der Waals surface area contributed by atoms with Gasteiger partial charge in [-0.05, 0) is 31.2 Å². The number of nitrogens with one attached hydrogen (secondary N) is 1. The molecule has 0 saturated carbocycles. The van der Waals surface area contributed by atoms with Crippen LogP contribution in [0.1, 0.15) is 27.9 Å². The average molecular weight is 346 g/mol. The zero-order valence-corrected chi connectivity index (χ0v) is 13.7. The molecule has 2 aromatic heterocycles. The van der Waals surface area contributed by atoms with Gasteiger partial charge >= 0.3 is 0 Å². The highest BCUT2D eigenvalue weighted by Crippen LogP contribution is 2.23. The first-order valence-electron chi connectivity index (χ1n) is 7.38. The van der Waals surface area contributed by atoms with Gasteiger partial charge in [0.1, 0.15) is 17.0 Å². The van der Waals surface area contributed by atoms with Gasteiger partial charge in [0, 0.05) is 0 Å². The molecule has 1 aromatic carbocycles. The standard InChI is InChI=1S/C17H16ClN3O3/c1-11-15(16(18)21(20-11)12-6-3-2-4-7-12)17(23)19-10-13(22)14-8-5-9-24-14/h2-9,13,22H,10H2,1H3,(H,19,23). The van der Waals surface area contributed by atoms with E-state index in [1.165, 1.54) is 10.9 Å². The summed E-state index contributed by atoms with van der Waals surface area (Å²) in [6.45, 7) is 1.72. The molecule has 0 aliphatic carbocycles. The monoisotopic (exact) mass is 345 g/mol. The van der Waals surface area contributed by atoms with Crippen molar-refractivity contribution in [1.29, 1.82) is 0 Å². The fraction of sp³-hybridized carbons (Fsp3) is 0.176. The molecule has 0 saturated heterocycles. The Kier molecular flexibility index (Phi) is 4.69. The maximum Gasteiger partial charge on any atom is 0.256 e. The van der Waals surface area contributed by atoms with Gasteiger partial charge in [-0.3, -0.25) is 4.79 Å². The van der Waals surface area contributed by atoms with Crippen LogP contribution in [0.4, 0.5) is 0 Å². The van der Waals surface area contributed by atoms with Crippen LogP contribution in [0.2, 0.25) is 5.15 Å². The van der Waals surface area contributed by atoms with Crippen molar-refractivity contribution in [1.82, 2.24) is 15.1 Å². The van der Waals surface area contributed by atoms with Crippen LogP contribution in [0.25, 0.3) is 5.69 Å². The van der Waals surface area contributed by atoms with Gasteiger partial charge in [0.2, 0.25) is 0 Å². The maximum absolute atomic E-state index is 12.4. The quantitative estimate of drug-likeness (QED) is 0.745. The second kappa shape index (κ2) is 6.90. The number of aryl methyl sites for hydroxylation is 1. The number of nitrogens with zero attached hydrogens (tertiary/aromatic N) is 2. The van der Waals surface area contributed by atoms with Crippen LogP contribution in [0.3, 0.4) is 0 Å². The summed E-state index contributed by atoms with van der Waals surface area (Å²) in [6.07, 6.45) is 0.540. The number of carbonyl (C=O) groups is 1. The Labute approximate surface area is 143 Å². The number of aliphatic hydroxyl groups excluding tert-OH is 1. The molecule has 6 nitrogen and oxygen atoms in total. The number of furan rings is 1. The fourth-order valence-electron chi connectivity index (χ4n) is 2.36. The van der Waals surface area contributed by atoms with Crippen LogP contribution >= 0.6 is 11.6 Å². The molecule has 0 spiro atoms. The SMILES string of the molecule is Cc1nn(-c2ccccc2)c(Cl)c1C(=O)NCC(O)c1ccco1. The Balaban J connectivity index is 1.77. The van der Waals surface area contributed by atoms with Crippen molar-refractivity contribution < 1.29 is 14.3 Å². The Bertz CT molecular complexity index is 828. The highest BCUT2D eigenvalue weighted by Gasteiger charge is 2.22. The first-order chi connectivity index (χ1) is 11.6. The van der Waals surface area contributed by atoms with E-state index in [1.807, 2.05) is 30.3 Å². The van der Waals surface area contributed by atoms with Crippen LogP contribution in [0.15, 0.2) is 53.1 Å². The van der Waals surface area contributed by atoms with Crippen LogP contribution in [-0.2, 0) is 0 Å². The minimum Gasteiger partial charge on any atom is -0.467 e. The molecule has 1 atom stereocenters. The number of benzene rings is 1. The first-order valence-corrected chi connectivity index (χ1v) is 7.76. The summed E-state index contributed by atoms with van der Waals surface area (Å²) in [4.78, 5) is 12.4. The predicted octanol–water partition coefficient (Wildman–Crippen LogP) is 2.89. The lowest BCUT2D eigenvalue weighted by Gasteiger charge is -2.09. The Hall–Kier alpha value is -2.57. The molecule has 0 bridgehead atoms. The molecule has 7 heteroatoms. The Morgan fingerprint density at radius 3 is 2.75 bits per heavy atom. The van der Waals surface area contributed by atoms with Crippen molar-refractivity contribution in [2.24, 2.45) is 0 Å². The molecular weight excluding hydrogens is 330 g/mol. The van der Waals surface area contributed by atoms with Crippen molar-refractivity contribution in [3.8, 4) is 5.69 Å². The zero-order chi connectivity index (χ0) is 17.1. The number of rotatable bonds is 5. The van der Waals surface area contributed by atoms with E-state index >= 15 is 0 Å². The third-order valence-electron chi connectivity index (χ3n) is 3.56. The van der Waals surface area contributed by atoms with E-state index in [1.54, 1.807) is 19.1 Å². The minimum atomic E-state index is -0.924. The van der Waals surface area contributed by atoms with E-state index in [-0.39, 0.29) is 17.3 Å². The minimum absolute atomic E-state index is 0.0125. The fourth-order valence-corrected chi connectivity index (χ4v) is 2.71. The summed E-state index contributed by atoms with van der Waals surface area (Å²) in [5, 5.41) is 17.2. The molecule has 24 heavy (non-hydrogen) atoms. The third kappa shape index (κ3) is 3.20. The van der Waals surface area contributed by atoms with E-state index in [9.17, 15) is 9.90 Å². The number of aromatic nitrogens is 2. The van der Waals surface area contributed by atoms with Gasteiger partial charge in [-0.2, -0.15) is 5.10 Å².